The molecule has 0 fully saturated rings. The van der Waals surface area contributed by atoms with Crippen molar-refractivity contribution < 1.29 is 0 Å². The fourth-order valence-corrected chi connectivity index (χ4v) is 5.75. The van der Waals surface area contributed by atoms with Gasteiger partial charge >= 0.3 is 0 Å². The molecular formula is C18H17ClN2OS2. The first kappa shape index (κ1) is 16.2. The number of benzene rings is 1. The molecule has 0 aliphatic heterocycles. The molecule has 1 N–H and O–H groups in total. The maximum atomic E-state index is 12.6. The summed E-state index contributed by atoms with van der Waals surface area (Å²) in [6, 6.07) is 7.76. The van der Waals surface area contributed by atoms with Crippen molar-refractivity contribution in [2.75, 3.05) is 0 Å². The molecule has 1 aliphatic rings. The number of thiophene rings is 1. The quantitative estimate of drug-likeness (QED) is 0.513. The zero-order valence-corrected chi connectivity index (χ0v) is 15.7. The number of fused-ring (bicyclic) bond motifs is 3. The highest BCUT2D eigenvalue weighted by Gasteiger charge is 2.23. The SMILES string of the molecule is C[C@@H]1CCc2c(sc3nc(SCc4ccccc4Cl)[nH]c(=O)c23)C1. The van der Waals surface area contributed by atoms with E-state index in [1.54, 1.807) is 11.3 Å². The van der Waals surface area contributed by atoms with Gasteiger partial charge in [-0.1, -0.05) is 48.5 Å². The molecule has 3 nitrogen and oxygen atoms in total. The number of halogens is 1. The van der Waals surface area contributed by atoms with Gasteiger partial charge in [0, 0.05) is 15.7 Å². The summed E-state index contributed by atoms with van der Waals surface area (Å²) < 4.78 is 0. The standard InChI is InChI=1S/C18H17ClN2OS2/c1-10-6-7-12-14(8-10)24-17-15(12)16(22)20-18(21-17)23-9-11-4-2-3-5-13(11)19/h2-5,10H,6-9H2,1H3,(H,20,21,22)/t10-/m1/s1. The van der Waals surface area contributed by atoms with Crippen LogP contribution in [0.2, 0.25) is 5.02 Å². The molecule has 0 saturated heterocycles. The summed E-state index contributed by atoms with van der Waals surface area (Å²) in [5.74, 6) is 1.38. The average molecular weight is 377 g/mol. The van der Waals surface area contributed by atoms with E-state index in [-0.39, 0.29) is 5.56 Å². The average Bonchev–Trinajstić information content (AvgIpc) is 2.91. The Morgan fingerprint density at radius 1 is 1.42 bits per heavy atom. The Labute approximate surface area is 153 Å². The number of thioether (sulfide) groups is 1. The zero-order valence-electron chi connectivity index (χ0n) is 13.3. The number of aromatic nitrogens is 2. The van der Waals surface area contributed by atoms with Gasteiger partial charge in [0.05, 0.1) is 5.39 Å². The predicted molar refractivity (Wildman–Crippen MR) is 102 cm³/mol. The molecule has 2 aromatic heterocycles. The van der Waals surface area contributed by atoms with E-state index in [1.807, 2.05) is 24.3 Å². The second-order valence-electron chi connectivity index (χ2n) is 6.28. The highest BCUT2D eigenvalue weighted by molar-refractivity contribution is 7.98. The number of aryl methyl sites for hydroxylation is 1. The molecule has 2 heterocycles. The third-order valence-corrected chi connectivity index (χ3v) is 6.91. The molecule has 0 saturated carbocycles. The maximum absolute atomic E-state index is 12.6. The van der Waals surface area contributed by atoms with Crippen LogP contribution < -0.4 is 5.56 Å². The van der Waals surface area contributed by atoms with E-state index in [4.69, 9.17) is 16.6 Å². The van der Waals surface area contributed by atoms with E-state index in [1.165, 1.54) is 22.2 Å². The highest BCUT2D eigenvalue weighted by Crippen LogP contribution is 2.36. The molecule has 0 unspecified atom stereocenters. The van der Waals surface area contributed by atoms with E-state index in [9.17, 15) is 4.79 Å². The molecule has 6 heteroatoms. The summed E-state index contributed by atoms with van der Waals surface area (Å²) in [6.07, 6.45) is 3.21. The predicted octanol–water partition coefficient (Wildman–Crippen LogP) is 5.06. The highest BCUT2D eigenvalue weighted by atomic mass is 35.5. The van der Waals surface area contributed by atoms with Crippen LogP contribution in [-0.4, -0.2) is 9.97 Å². The fourth-order valence-electron chi connectivity index (χ4n) is 3.16. The smallest absolute Gasteiger partial charge is 0.260 e. The number of nitrogens with zero attached hydrogens (tertiary/aromatic N) is 1. The molecule has 0 amide bonds. The fraction of sp³-hybridized carbons (Fsp3) is 0.333. The van der Waals surface area contributed by atoms with Gasteiger partial charge in [-0.25, -0.2) is 4.98 Å². The molecule has 1 aliphatic carbocycles. The van der Waals surface area contributed by atoms with Crippen LogP contribution in [0.5, 0.6) is 0 Å². The summed E-state index contributed by atoms with van der Waals surface area (Å²) in [7, 11) is 0. The van der Waals surface area contributed by atoms with Crippen molar-refractivity contribution in [3.63, 3.8) is 0 Å². The molecule has 3 aromatic rings. The van der Waals surface area contributed by atoms with Gasteiger partial charge in [0.2, 0.25) is 0 Å². The minimum absolute atomic E-state index is 0.00582. The van der Waals surface area contributed by atoms with Gasteiger partial charge in [-0.3, -0.25) is 4.79 Å². The van der Waals surface area contributed by atoms with Crippen molar-refractivity contribution in [2.24, 2.45) is 5.92 Å². The van der Waals surface area contributed by atoms with Crippen molar-refractivity contribution in [2.45, 2.75) is 37.1 Å². The largest absolute Gasteiger partial charge is 0.301 e. The van der Waals surface area contributed by atoms with Crippen LogP contribution in [0.1, 0.15) is 29.3 Å². The van der Waals surface area contributed by atoms with E-state index in [0.29, 0.717) is 16.8 Å². The summed E-state index contributed by atoms with van der Waals surface area (Å²) in [6.45, 7) is 2.27. The van der Waals surface area contributed by atoms with Gasteiger partial charge in [-0.05, 0) is 42.4 Å². The van der Waals surface area contributed by atoms with Crippen LogP contribution in [0.15, 0.2) is 34.2 Å². The molecule has 0 spiro atoms. The Morgan fingerprint density at radius 3 is 3.08 bits per heavy atom. The van der Waals surface area contributed by atoms with Crippen LogP contribution in [0.3, 0.4) is 0 Å². The van der Waals surface area contributed by atoms with Crippen molar-refractivity contribution >= 4 is 44.9 Å². The summed E-state index contributed by atoms with van der Waals surface area (Å²) in [4.78, 5) is 22.4. The molecule has 24 heavy (non-hydrogen) atoms. The third kappa shape index (κ3) is 3.01. The van der Waals surface area contributed by atoms with Crippen LogP contribution >= 0.6 is 34.7 Å². The maximum Gasteiger partial charge on any atom is 0.260 e. The van der Waals surface area contributed by atoms with Crippen molar-refractivity contribution in [3.8, 4) is 0 Å². The number of H-pyrrole nitrogens is 1. The van der Waals surface area contributed by atoms with Gasteiger partial charge in [-0.2, -0.15) is 0 Å². The molecule has 1 aromatic carbocycles. The lowest BCUT2D eigenvalue weighted by atomic mass is 9.89. The molecule has 0 bridgehead atoms. The van der Waals surface area contributed by atoms with Gasteiger partial charge in [-0.15, -0.1) is 11.3 Å². The van der Waals surface area contributed by atoms with Crippen LogP contribution in [0.25, 0.3) is 10.2 Å². The van der Waals surface area contributed by atoms with E-state index >= 15 is 0 Å². The molecule has 0 radical (unpaired) electrons. The van der Waals surface area contributed by atoms with Gasteiger partial charge in [0.25, 0.3) is 5.56 Å². The number of aromatic amines is 1. The van der Waals surface area contributed by atoms with Crippen molar-refractivity contribution in [3.05, 3.63) is 55.6 Å². The first-order valence-corrected chi connectivity index (χ1v) is 10.2. The Morgan fingerprint density at radius 2 is 2.25 bits per heavy atom. The molecular weight excluding hydrogens is 360 g/mol. The second kappa shape index (κ2) is 6.54. The van der Waals surface area contributed by atoms with E-state index in [0.717, 1.165) is 40.1 Å². The van der Waals surface area contributed by atoms with Crippen LogP contribution in [0, 0.1) is 5.92 Å². The molecule has 1 atom stereocenters. The summed E-state index contributed by atoms with van der Waals surface area (Å²) >= 11 is 9.40. The normalized spacial score (nSPS) is 17.2. The number of nitrogens with one attached hydrogen (secondary N) is 1. The zero-order chi connectivity index (χ0) is 16.7. The Kier molecular flexibility index (Phi) is 4.41. The van der Waals surface area contributed by atoms with E-state index < -0.39 is 0 Å². The number of rotatable bonds is 3. The Hall–Kier alpha value is -1.30. The van der Waals surface area contributed by atoms with E-state index in [2.05, 4.69) is 11.9 Å². The van der Waals surface area contributed by atoms with Crippen LogP contribution in [-0.2, 0) is 18.6 Å². The Bertz CT molecular complexity index is 963. The lowest BCUT2D eigenvalue weighted by molar-refractivity contribution is 0.509. The first-order chi connectivity index (χ1) is 11.6. The minimum Gasteiger partial charge on any atom is -0.301 e. The number of hydrogen-bond donors (Lipinski definition) is 1. The monoisotopic (exact) mass is 376 g/mol. The second-order valence-corrected chi connectivity index (χ2v) is 8.74. The Balaban J connectivity index is 1.66. The summed E-state index contributed by atoms with van der Waals surface area (Å²) in [5, 5.41) is 2.22. The van der Waals surface area contributed by atoms with Gasteiger partial charge < -0.3 is 4.98 Å². The van der Waals surface area contributed by atoms with Gasteiger partial charge in [0.15, 0.2) is 5.16 Å². The topological polar surface area (TPSA) is 45.8 Å². The van der Waals surface area contributed by atoms with Crippen molar-refractivity contribution in [1.82, 2.24) is 9.97 Å². The third-order valence-electron chi connectivity index (χ3n) is 4.47. The van der Waals surface area contributed by atoms with Gasteiger partial charge in [0.1, 0.15) is 4.83 Å². The molecule has 4 rings (SSSR count). The molecule has 124 valence electrons. The van der Waals surface area contributed by atoms with Crippen LogP contribution in [0.4, 0.5) is 0 Å². The first-order valence-electron chi connectivity index (χ1n) is 8.02. The minimum atomic E-state index is -0.00582. The lowest BCUT2D eigenvalue weighted by Gasteiger charge is -2.17. The summed E-state index contributed by atoms with van der Waals surface area (Å²) in [5.41, 5.74) is 2.27. The lowest BCUT2D eigenvalue weighted by Crippen LogP contribution is -2.13. The van der Waals surface area contributed by atoms with Crippen molar-refractivity contribution in [1.29, 1.82) is 0 Å². The number of hydrogen-bond acceptors (Lipinski definition) is 4.